The average Bonchev–Trinajstić information content (AvgIpc) is 2.87. The summed E-state index contributed by atoms with van der Waals surface area (Å²) in [7, 11) is 0. The molecule has 6 nitrogen and oxygen atoms in total. The Morgan fingerprint density at radius 2 is 1.95 bits per heavy atom. The van der Waals surface area contributed by atoms with E-state index in [4.69, 9.17) is 5.11 Å². The zero-order valence-electron chi connectivity index (χ0n) is 11.3. The third-order valence-electron chi connectivity index (χ3n) is 4.02. The first kappa shape index (κ1) is 13.4. The molecule has 108 valence electrons. The van der Waals surface area contributed by atoms with Gasteiger partial charge in [0.2, 0.25) is 5.91 Å². The highest BCUT2D eigenvalue weighted by molar-refractivity contribution is 6.00. The summed E-state index contributed by atoms with van der Waals surface area (Å²) in [4.78, 5) is 23.4. The van der Waals surface area contributed by atoms with E-state index in [0.717, 1.165) is 24.8 Å². The van der Waals surface area contributed by atoms with E-state index in [1.165, 1.54) is 6.07 Å². The SMILES string of the molecule is O=C(O)c1cc(NC(=O)C2(c3ccccc3)CCC2)n[nH]1. The van der Waals surface area contributed by atoms with Crippen LogP contribution in [0, 0.1) is 0 Å². The molecule has 1 aromatic heterocycles. The summed E-state index contributed by atoms with van der Waals surface area (Å²) in [6.07, 6.45) is 2.58. The fourth-order valence-corrected chi connectivity index (χ4v) is 2.67. The van der Waals surface area contributed by atoms with Gasteiger partial charge in [0, 0.05) is 6.07 Å². The van der Waals surface area contributed by atoms with Gasteiger partial charge in [-0.05, 0) is 18.4 Å². The summed E-state index contributed by atoms with van der Waals surface area (Å²) in [5.74, 6) is -1.01. The Morgan fingerprint density at radius 1 is 1.24 bits per heavy atom. The molecule has 1 aromatic carbocycles. The van der Waals surface area contributed by atoms with Gasteiger partial charge >= 0.3 is 5.97 Å². The molecule has 1 aliphatic carbocycles. The first-order chi connectivity index (χ1) is 10.1. The Hall–Kier alpha value is -2.63. The Kier molecular flexibility index (Phi) is 3.21. The lowest BCUT2D eigenvalue weighted by Crippen LogP contribution is -2.46. The van der Waals surface area contributed by atoms with Crippen molar-refractivity contribution in [3.8, 4) is 0 Å². The molecule has 21 heavy (non-hydrogen) atoms. The number of aromatic amines is 1. The molecule has 0 unspecified atom stereocenters. The van der Waals surface area contributed by atoms with Crippen molar-refractivity contribution < 1.29 is 14.7 Å². The fourth-order valence-electron chi connectivity index (χ4n) is 2.67. The normalized spacial score (nSPS) is 16.0. The first-order valence-corrected chi connectivity index (χ1v) is 6.77. The van der Waals surface area contributed by atoms with Crippen molar-refractivity contribution in [1.82, 2.24) is 10.2 Å². The molecule has 3 rings (SSSR count). The molecule has 0 bridgehead atoms. The number of aromatic carboxylic acids is 1. The lowest BCUT2D eigenvalue weighted by atomic mass is 9.64. The molecule has 0 spiro atoms. The Bertz CT molecular complexity index is 674. The Labute approximate surface area is 121 Å². The molecule has 0 aliphatic heterocycles. The van der Waals surface area contributed by atoms with Crippen LogP contribution in [-0.2, 0) is 10.2 Å². The van der Waals surface area contributed by atoms with Crippen molar-refractivity contribution in [3.05, 3.63) is 47.7 Å². The molecule has 0 atom stereocenters. The van der Waals surface area contributed by atoms with E-state index in [9.17, 15) is 9.59 Å². The second kappa shape index (κ2) is 5.05. The number of nitrogens with zero attached hydrogens (tertiary/aromatic N) is 1. The van der Waals surface area contributed by atoms with E-state index in [1.54, 1.807) is 0 Å². The van der Waals surface area contributed by atoms with Crippen molar-refractivity contribution in [2.24, 2.45) is 0 Å². The van der Waals surface area contributed by atoms with E-state index in [-0.39, 0.29) is 17.4 Å². The molecular weight excluding hydrogens is 270 g/mol. The number of amides is 1. The summed E-state index contributed by atoms with van der Waals surface area (Å²) >= 11 is 0. The molecule has 0 saturated heterocycles. The van der Waals surface area contributed by atoms with Crippen LogP contribution in [0.3, 0.4) is 0 Å². The summed E-state index contributed by atoms with van der Waals surface area (Å²) in [6, 6.07) is 11.0. The predicted octanol–water partition coefficient (Wildman–Crippen LogP) is 2.17. The number of nitrogens with one attached hydrogen (secondary N) is 2. The second-order valence-corrected chi connectivity index (χ2v) is 5.23. The summed E-state index contributed by atoms with van der Waals surface area (Å²) in [5, 5.41) is 17.7. The molecule has 2 aromatic rings. The van der Waals surface area contributed by atoms with Crippen LogP contribution in [0.25, 0.3) is 0 Å². The number of carboxylic acid groups (broad SMARTS) is 1. The largest absolute Gasteiger partial charge is 0.477 e. The second-order valence-electron chi connectivity index (χ2n) is 5.23. The molecular formula is C15H15N3O3. The maximum Gasteiger partial charge on any atom is 0.353 e. The molecule has 3 N–H and O–H groups in total. The van der Waals surface area contributed by atoms with Crippen molar-refractivity contribution in [2.75, 3.05) is 5.32 Å². The van der Waals surface area contributed by atoms with Crippen LogP contribution in [0.5, 0.6) is 0 Å². The molecule has 1 saturated carbocycles. The molecule has 1 heterocycles. The van der Waals surface area contributed by atoms with Crippen molar-refractivity contribution in [3.63, 3.8) is 0 Å². The maximum absolute atomic E-state index is 12.6. The minimum Gasteiger partial charge on any atom is -0.477 e. The summed E-state index contributed by atoms with van der Waals surface area (Å²) < 4.78 is 0. The number of benzene rings is 1. The monoisotopic (exact) mass is 285 g/mol. The van der Waals surface area contributed by atoms with Crippen molar-refractivity contribution in [1.29, 1.82) is 0 Å². The number of H-pyrrole nitrogens is 1. The number of hydrogen-bond donors (Lipinski definition) is 3. The van der Waals surface area contributed by atoms with Crippen molar-refractivity contribution in [2.45, 2.75) is 24.7 Å². The summed E-state index contributed by atoms with van der Waals surface area (Å²) in [6.45, 7) is 0. The van der Waals surface area contributed by atoms with Crippen LogP contribution >= 0.6 is 0 Å². The first-order valence-electron chi connectivity index (χ1n) is 6.77. The highest BCUT2D eigenvalue weighted by atomic mass is 16.4. The van der Waals surface area contributed by atoms with E-state index in [2.05, 4.69) is 15.5 Å². The van der Waals surface area contributed by atoms with E-state index >= 15 is 0 Å². The lowest BCUT2D eigenvalue weighted by molar-refractivity contribution is -0.124. The van der Waals surface area contributed by atoms with Crippen LogP contribution in [0.2, 0.25) is 0 Å². The zero-order valence-corrected chi connectivity index (χ0v) is 11.3. The molecule has 1 aliphatic rings. The molecule has 1 amide bonds. The third kappa shape index (κ3) is 2.29. The number of hydrogen-bond acceptors (Lipinski definition) is 3. The molecule has 0 radical (unpaired) electrons. The van der Waals surface area contributed by atoms with Crippen molar-refractivity contribution >= 4 is 17.7 Å². The minimum atomic E-state index is -1.11. The van der Waals surface area contributed by atoms with E-state index in [1.807, 2.05) is 30.3 Å². The lowest BCUT2D eigenvalue weighted by Gasteiger charge is -2.40. The van der Waals surface area contributed by atoms with Gasteiger partial charge in [0.15, 0.2) is 5.82 Å². The number of rotatable bonds is 4. The van der Waals surface area contributed by atoms with Crippen LogP contribution in [0.4, 0.5) is 5.82 Å². The van der Waals surface area contributed by atoms with Gasteiger partial charge in [0.1, 0.15) is 5.69 Å². The highest BCUT2D eigenvalue weighted by Crippen LogP contribution is 2.44. The number of carboxylic acids is 1. The Balaban J connectivity index is 1.81. The average molecular weight is 285 g/mol. The van der Waals surface area contributed by atoms with Crippen LogP contribution < -0.4 is 5.32 Å². The van der Waals surface area contributed by atoms with Gasteiger partial charge in [0.05, 0.1) is 5.41 Å². The minimum absolute atomic E-state index is 0.0485. The van der Waals surface area contributed by atoms with Gasteiger partial charge in [-0.3, -0.25) is 9.89 Å². The number of carbonyl (C=O) groups is 2. The topological polar surface area (TPSA) is 95.1 Å². The predicted molar refractivity (Wildman–Crippen MR) is 76.1 cm³/mol. The third-order valence-corrected chi connectivity index (χ3v) is 4.02. The van der Waals surface area contributed by atoms with Gasteiger partial charge in [-0.1, -0.05) is 36.8 Å². The smallest absolute Gasteiger partial charge is 0.353 e. The van der Waals surface area contributed by atoms with E-state index < -0.39 is 11.4 Å². The standard InChI is InChI=1S/C15H15N3O3/c19-13(20)11-9-12(18-17-11)16-14(21)15(7-4-8-15)10-5-2-1-3-6-10/h1-3,5-6,9H,4,7-8H2,(H,19,20)(H2,16,17,18,21). The highest BCUT2D eigenvalue weighted by Gasteiger charge is 2.45. The number of aromatic nitrogens is 2. The van der Waals surface area contributed by atoms with E-state index in [0.29, 0.717) is 0 Å². The van der Waals surface area contributed by atoms with Gasteiger partial charge in [-0.2, -0.15) is 5.10 Å². The quantitative estimate of drug-likeness (QED) is 0.802. The van der Waals surface area contributed by atoms with Gasteiger partial charge < -0.3 is 10.4 Å². The fraction of sp³-hybridized carbons (Fsp3) is 0.267. The number of anilines is 1. The zero-order chi connectivity index (χ0) is 14.9. The molecule has 1 fully saturated rings. The summed E-state index contributed by atoms with van der Waals surface area (Å²) in [5.41, 5.74) is 0.416. The molecule has 6 heteroatoms. The van der Waals surface area contributed by atoms with Gasteiger partial charge in [-0.15, -0.1) is 0 Å². The maximum atomic E-state index is 12.6. The van der Waals surface area contributed by atoms with Gasteiger partial charge in [-0.25, -0.2) is 4.79 Å². The van der Waals surface area contributed by atoms with Crippen LogP contribution in [0.15, 0.2) is 36.4 Å². The number of carbonyl (C=O) groups excluding carboxylic acids is 1. The van der Waals surface area contributed by atoms with Crippen LogP contribution in [0.1, 0.15) is 35.3 Å². The van der Waals surface area contributed by atoms with Gasteiger partial charge in [0.25, 0.3) is 0 Å². The van der Waals surface area contributed by atoms with Crippen LogP contribution in [-0.4, -0.2) is 27.2 Å². The Morgan fingerprint density at radius 3 is 2.48 bits per heavy atom.